The lowest BCUT2D eigenvalue weighted by atomic mass is 9.91. The summed E-state index contributed by atoms with van der Waals surface area (Å²) in [5, 5.41) is 17.9. The molecule has 0 saturated heterocycles. The molecular formula is C36H75NO3. The third-order valence-corrected chi connectivity index (χ3v) is 8.41. The largest absolute Gasteiger partial charge is 0.370 e. The van der Waals surface area contributed by atoms with Gasteiger partial charge in [0.15, 0.2) is 6.29 Å². The first-order valence-electron chi connectivity index (χ1n) is 17.7. The van der Waals surface area contributed by atoms with E-state index in [1.54, 1.807) is 0 Å². The van der Waals surface area contributed by atoms with Crippen molar-refractivity contribution >= 4 is 5.91 Å². The molecule has 0 aliphatic rings. The average molecular weight is 570 g/mol. The second kappa shape index (κ2) is 31.3. The molecular weight excluding hydrogens is 494 g/mol. The van der Waals surface area contributed by atoms with Crippen LogP contribution in [0.5, 0.6) is 0 Å². The first-order chi connectivity index (χ1) is 19.1. The molecule has 0 bridgehead atoms. The minimum atomic E-state index is -1.13. The number of hydrogen-bond acceptors (Lipinski definition) is 3. The predicted molar refractivity (Wildman–Crippen MR) is 176 cm³/mol. The molecule has 0 radical (unpaired) electrons. The molecule has 0 fully saturated rings. The summed E-state index contributed by atoms with van der Waals surface area (Å²) in [5.41, 5.74) is 5.09. The Morgan fingerprint density at radius 2 is 0.875 bits per heavy atom. The summed E-state index contributed by atoms with van der Waals surface area (Å²) >= 11 is 0. The van der Waals surface area contributed by atoms with Crippen LogP contribution in [0.1, 0.15) is 196 Å². The van der Waals surface area contributed by atoms with E-state index in [0.29, 0.717) is 18.8 Å². The number of aliphatic hydroxyl groups is 2. The minimum absolute atomic E-state index is 0.155. The van der Waals surface area contributed by atoms with E-state index < -0.39 is 6.29 Å². The third-order valence-electron chi connectivity index (χ3n) is 8.41. The monoisotopic (exact) mass is 570 g/mol. The topological polar surface area (TPSA) is 83.6 Å². The second-order valence-corrected chi connectivity index (χ2v) is 13.7. The number of carbonyl (C=O) groups excluding carboxylic acids is 1. The van der Waals surface area contributed by atoms with Crippen molar-refractivity contribution in [2.45, 2.75) is 202 Å². The average Bonchev–Trinajstić information content (AvgIpc) is 2.86. The zero-order valence-corrected chi connectivity index (χ0v) is 28.2. The third kappa shape index (κ3) is 37.4. The zero-order chi connectivity index (χ0) is 30.4. The molecule has 242 valence electrons. The molecule has 4 N–H and O–H groups in total. The first kappa shape index (κ1) is 41.5. The molecule has 4 nitrogen and oxygen atoms in total. The highest BCUT2D eigenvalue weighted by atomic mass is 16.5. The maximum Gasteiger partial charge on any atom is 0.217 e. The molecule has 0 spiro atoms. The van der Waals surface area contributed by atoms with E-state index in [1.165, 1.54) is 128 Å². The van der Waals surface area contributed by atoms with Gasteiger partial charge in [-0.05, 0) is 30.1 Å². The molecule has 0 rings (SSSR count). The van der Waals surface area contributed by atoms with Gasteiger partial charge in [0, 0.05) is 12.8 Å². The predicted octanol–water partition coefficient (Wildman–Crippen LogP) is 10.7. The Bertz CT molecular complexity index is 508. The van der Waals surface area contributed by atoms with Crippen LogP contribution >= 0.6 is 0 Å². The van der Waals surface area contributed by atoms with Gasteiger partial charge >= 0.3 is 0 Å². The van der Waals surface area contributed by atoms with E-state index in [2.05, 4.69) is 41.5 Å². The van der Waals surface area contributed by atoms with E-state index in [-0.39, 0.29) is 5.91 Å². The molecule has 0 aliphatic carbocycles. The smallest absolute Gasteiger partial charge is 0.217 e. The minimum Gasteiger partial charge on any atom is -0.370 e. The summed E-state index contributed by atoms with van der Waals surface area (Å²) in [6, 6.07) is 0. The van der Waals surface area contributed by atoms with Gasteiger partial charge in [0.2, 0.25) is 5.91 Å². The van der Waals surface area contributed by atoms with Gasteiger partial charge in [-0.2, -0.15) is 0 Å². The molecule has 0 aromatic rings. The first-order valence-corrected chi connectivity index (χ1v) is 17.7. The van der Waals surface area contributed by atoms with Gasteiger partial charge in [0.1, 0.15) is 0 Å². The number of aliphatic hydroxyl groups excluding tert-OH is 1. The van der Waals surface area contributed by atoms with Gasteiger partial charge in [-0.1, -0.05) is 176 Å². The summed E-state index contributed by atoms with van der Waals surface area (Å²) < 4.78 is 0. The summed E-state index contributed by atoms with van der Waals surface area (Å²) in [6.07, 6.45) is 29.2. The Balaban J connectivity index is 0. The molecule has 3 atom stereocenters. The molecule has 4 heteroatoms. The normalized spacial score (nSPS) is 13.8. The van der Waals surface area contributed by atoms with Crippen molar-refractivity contribution < 1.29 is 15.0 Å². The van der Waals surface area contributed by atoms with Gasteiger partial charge in [-0.3, -0.25) is 4.79 Å². The lowest BCUT2D eigenvalue weighted by Crippen LogP contribution is -2.10. The summed E-state index contributed by atoms with van der Waals surface area (Å²) in [7, 11) is 0. The van der Waals surface area contributed by atoms with Crippen molar-refractivity contribution in [3.05, 3.63) is 0 Å². The Hall–Kier alpha value is -0.610. The SMILES string of the molecule is CC(C)CCCC(C)CCCC(C)CCCC(C)CC(O)O.CCCCCCCCCCCCCCCC(N)=O. The highest BCUT2D eigenvalue weighted by Gasteiger charge is 2.10. The van der Waals surface area contributed by atoms with Crippen molar-refractivity contribution in [1.82, 2.24) is 0 Å². The number of unbranched alkanes of at least 4 members (excludes halogenated alkanes) is 12. The van der Waals surface area contributed by atoms with Crippen LogP contribution in [0.3, 0.4) is 0 Å². The Morgan fingerprint density at radius 3 is 1.23 bits per heavy atom. The molecule has 0 aromatic heterocycles. The van der Waals surface area contributed by atoms with Crippen LogP contribution in [-0.4, -0.2) is 22.4 Å². The van der Waals surface area contributed by atoms with Crippen molar-refractivity contribution in [2.24, 2.45) is 29.4 Å². The lowest BCUT2D eigenvalue weighted by molar-refractivity contribution is -0.118. The van der Waals surface area contributed by atoms with Crippen molar-refractivity contribution in [1.29, 1.82) is 0 Å². The van der Waals surface area contributed by atoms with Crippen LogP contribution in [0.25, 0.3) is 0 Å². The Morgan fingerprint density at radius 1 is 0.525 bits per heavy atom. The molecule has 0 aromatic carbocycles. The molecule has 40 heavy (non-hydrogen) atoms. The second-order valence-electron chi connectivity index (χ2n) is 13.7. The van der Waals surface area contributed by atoms with Crippen LogP contribution in [0.4, 0.5) is 0 Å². The van der Waals surface area contributed by atoms with Crippen LogP contribution in [0.15, 0.2) is 0 Å². The van der Waals surface area contributed by atoms with Gasteiger partial charge in [-0.15, -0.1) is 0 Å². The van der Waals surface area contributed by atoms with E-state index in [4.69, 9.17) is 15.9 Å². The van der Waals surface area contributed by atoms with Gasteiger partial charge in [0.05, 0.1) is 0 Å². The van der Waals surface area contributed by atoms with Crippen molar-refractivity contribution in [3.8, 4) is 0 Å². The molecule has 0 heterocycles. The number of primary amides is 1. The van der Waals surface area contributed by atoms with Crippen LogP contribution < -0.4 is 5.73 Å². The number of amides is 1. The fourth-order valence-electron chi connectivity index (χ4n) is 5.59. The van der Waals surface area contributed by atoms with Crippen molar-refractivity contribution in [3.63, 3.8) is 0 Å². The Labute approximate surface area is 252 Å². The highest BCUT2D eigenvalue weighted by molar-refractivity contribution is 5.73. The van der Waals surface area contributed by atoms with Crippen LogP contribution in [0, 0.1) is 23.7 Å². The van der Waals surface area contributed by atoms with Gasteiger partial charge in [-0.25, -0.2) is 0 Å². The van der Waals surface area contributed by atoms with Crippen LogP contribution in [0.2, 0.25) is 0 Å². The fourth-order valence-corrected chi connectivity index (χ4v) is 5.59. The maximum absolute atomic E-state index is 10.5. The zero-order valence-electron chi connectivity index (χ0n) is 28.2. The van der Waals surface area contributed by atoms with E-state index >= 15 is 0 Å². The number of hydrogen-bond donors (Lipinski definition) is 3. The summed E-state index contributed by atoms with van der Waals surface area (Å²) in [4.78, 5) is 10.5. The summed E-state index contributed by atoms with van der Waals surface area (Å²) in [5.74, 6) is 2.82. The molecule has 1 amide bonds. The lowest BCUT2D eigenvalue weighted by Gasteiger charge is -2.16. The number of carbonyl (C=O) groups is 1. The quantitative estimate of drug-likeness (QED) is 0.0647. The maximum atomic E-state index is 10.5. The van der Waals surface area contributed by atoms with E-state index in [9.17, 15) is 4.79 Å². The molecule has 0 saturated carbocycles. The molecule has 0 aliphatic heterocycles. The van der Waals surface area contributed by atoms with Gasteiger partial charge < -0.3 is 15.9 Å². The Kier molecular flexibility index (Phi) is 32.5. The fraction of sp³-hybridized carbons (Fsp3) is 0.972. The standard InChI is InChI=1S/C20H42O2.C16H33NO/c1-16(2)9-6-10-17(3)11-7-12-18(4)13-8-14-19(5)15-20(21)22;1-2-3-4-5-6-7-8-9-10-11-12-13-14-15-16(17)18/h16-22H,6-15H2,1-5H3;2-15H2,1H3,(H2,17,18). The summed E-state index contributed by atoms with van der Waals surface area (Å²) in [6.45, 7) is 13.8. The van der Waals surface area contributed by atoms with E-state index in [0.717, 1.165) is 30.6 Å². The number of rotatable bonds is 28. The van der Waals surface area contributed by atoms with Crippen LogP contribution in [-0.2, 0) is 4.79 Å². The highest BCUT2D eigenvalue weighted by Crippen LogP contribution is 2.23. The van der Waals surface area contributed by atoms with Gasteiger partial charge in [0.25, 0.3) is 0 Å². The molecule has 3 unspecified atom stereocenters. The number of nitrogens with two attached hydrogens (primary N) is 1. The van der Waals surface area contributed by atoms with Crippen molar-refractivity contribution in [2.75, 3.05) is 0 Å². The van der Waals surface area contributed by atoms with E-state index in [1.807, 2.05) is 0 Å².